The fourth-order valence-electron chi connectivity index (χ4n) is 5.82. The van der Waals surface area contributed by atoms with Gasteiger partial charge in [-0.3, -0.25) is 9.36 Å². The number of halogens is 3. The number of aliphatic carboxylic acids is 1. The second-order valence-corrected chi connectivity index (χ2v) is 16.6. The summed E-state index contributed by atoms with van der Waals surface area (Å²) in [7, 11) is 3.25. The van der Waals surface area contributed by atoms with Crippen LogP contribution in [0.4, 0.5) is 4.39 Å². The number of hydrogen-bond acceptors (Lipinski definition) is 5. The van der Waals surface area contributed by atoms with Gasteiger partial charge >= 0.3 is 5.97 Å². The normalized spacial score (nSPS) is 13.0. The first-order valence-electron chi connectivity index (χ1n) is 16.4. The zero-order valence-electron chi connectivity index (χ0n) is 29.6. The van der Waals surface area contributed by atoms with Crippen molar-refractivity contribution in [2.24, 2.45) is 0 Å². The molecule has 4 aromatic rings. The summed E-state index contributed by atoms with van der Waals surface area (Å²) in [5.41, 5.74) is 3.36. The van der Waals surface area contributed by atoms with Crippen LogP contribution in [0.1, 0.15) is 61.3 Å². The van der Waals surface area contributed by atoms with Crippen molar-refractivity contribution in [1.29, 1.82) is 0 Å². The minimum atomic E-state index is -4.39. The Balaban J connectivity index is 1.61. The predicted octanol–water partition coefficient (Wildman–Crippen LogP) is 7.35. The van der Waals surface area contributed by atoms with E-state index in [1.165, 1.54) is 0 Å². The number of quaternary nitrogens is 1. The number of aromatic nitrogens is 2. The van der Waals surface area contributed by atoms with E-state index in [0.29, 0.717) is 27.5 Å². The van der Waals surface area contributed by atoms with E-state index < -0.39 is 38.2 Å². The second kappa shape index (κ2) is 15.8. The summed E-state index contributed by atoms with van der Waals surface area (Å²) in [5, 5.41) is 10.1. The molecule has 50 heavy (non-hydrogen) atoms. The molecule has 0 saturated heterocycles. The highest BCUT2D eigenvalue weighted by molar-refractivity contribution is 7.89. The van der Waals surface area contributed by atoms with Gasteiger partial charge in [0.2, 0.25) is 10.0 Å². The maximum atomic E-state index is 15.6. The third kappa shape index (κ3) is 9.44. The average molecular weight is 749 g/mol. The van der Waals surface area contributed by atoms with Crippen molar-refractivity contribution in [3.05, 3.63) is 105 Å². The average Bonchev–Trinajstić information content (AvgIpc) is 3.46. The fraction of sp³-hybridized carbons (Fsp3) is 0.405. The van der Waals surface area contributed by atoms with Crippen LogP contribution in [-0.4, -0.2) is 74.4 Å². The number of ether oxygens (including phenoxy) is 1. The number of sulfonamides is 1. The van der Waals surface area contributed by atoms with Crippen LogP contribution in [0.2, 0.25) is 10.0 Å². The van der Waals surface area contributed by atoms with Crippen LogP contribution in [0.25, 0.3) is 5.69 Å². The van der Waals surface area contributed by atoms with E-state index in [-0.39, 0.29) is 29.8 Å². The van der Waals surface area contributed by atoms with Gasteiger partial charge in [0.25, 0.3) is 0 Å². The molecule has 9 nitrogen and oxygen atoms in total. The van der Waals surface area contributed by atoms with Gasteiger partial charge in [0.15, 0.2) is 0 Å². The number of unbranched alkanes of at least 4 members (excludes halogenated alkanes) is 1. The Hall–Kier alpha value is -3.48. The van der Waals surface area contributed by atoms with E-state index in [4.69, 9.17) is 32.9 Å². The van der Waals surface area contributed by atoms with Crippen LogP contribution in [0.15, 0.2) is 65.7 Å². The molecule has 2 N–H and O–H groups in total. The standard InChI is InChI=1S/C37H45Cl2FN4O5S/c1-24-11-14-26(15-12-24)43-34(37(2,3)25-13-17-29(38)33(20-25)49-7)23-41-35(43)18-16-28-30(39)21-27(22-31(28)40)50(47,48)42-32(36(45)46)10-8-9-19-44(4,5)6/h11-15,17,20-23,32,42H,8-10,16,18-19H2,1-7H3/p+1. The Labute approximate surface area is 304 Å². The molecule has 1 heterocycles. The van der Waals surface area contributed by atoms with Crippen molar-refractivity contribution in [1.82, 2.24) is 14.3 Å². The Morgan fingerprint density at radius 1 is 1.04 bits per heavy atom. The summed E-state index contributed by atoms with van der Waals surface area (Å²) < 4.78 is 52.5. The molecule has 0 amide bonds. The summed E-state index contributed by atoms with van der Waals surface area (Å²) in [4.78, 5) is 16.2. The maximum absolute atomic E-state index is 15.6. The molecule has 1 atom stereocenters. The zero-order chi connectivity index (χ0) is 37.0. The van der Waals surface area contributed by atoms with Gasteiger partial charge in [0.1, 0.15) is 23.4 Å². The Morgan fingerprint density at radius 2 is 1.72 bits per heavy atom. The lowest BCUT2D eigenvalue weighted by atomic mass is 9.81. The number of hydrogen-bond donors (Lipinski definition) is 2. The minimum absolute atomic E-state index is 0.0811. The molecule has 0 radical (unpaired) electrons. The van der Waals surface area contributed by atoms with E-state index in [0.717, 1.165) is 47.6 Å². The van der Waals surface area contributed by atoms with Gasteiger partial charge in [-0.05, 0) is 74.6 Å². The van der Waals surface area contributed by atoms with Gasteiger partial charge in [0, 0.05) is 34.3 Å². The molecular weight excluding hydrogens is 702 g/mol. The van der Waals surface area contributed by atoms with Crippen LogP contribution >= 0.6 is 23.2 Å². The molecule has 1 unspecified atom stereocenters. The minimum Gasteiger partial charge on any atom is -0.495 e. The van der Waals surface area contributed by atoms with Crippen molar-refractivity contribution < 1.29 is 31.9 Å². The highest BCUT2D eigenvalue weighted by atomic mass is 35.5. The first-order valence-corrected chi connectivity index (χ1v) is 18.6. The smallest absolute Gasteiger partial charge is 0.321 e. The maximum Gasteiger partial charge on any atom is 0.321 e. The Kier molecular flexibility index (Phi) is 12.4. The lowest BCUT2D eigenvalue weighted by molar-refractivity contribution is -0.870. The van der Waals surface area contributed by atoms with Crippen molar-refractivity contribution in [3.63, 3.8) is 0 Å². The fourth-order valence-corrected chi connectivity index (χ4v) is 7.64. The Morgan fingerprint density at radius 3 is 2.32 bits per heavy atom. The van der Waals surface area contributed by atoms with Gasteiger partial charge in [-0.25, -0.2) is 17.8 Å². The number of carboxylic acid groups (broad SMARTS) is 1. The first-order chi connectivity index (χ1) is 23.3. The SMILES string of the molecule is COc1cc(C(C)(C)c2cnc(CCc3c(F)cc(S(=O)(=O)NC(CCCC[N+](C)(C)C)C(=O)O)cc3Cl)n2-c2ccc(C)cc2)ccc1Cl. The molecule has 0 bridgehead atoms. The molecule has 4 rings (SSSR count). The predicted molar refractivity (Wildman–Crippen MR) is 196 cm³/mol. The number of benzene rings is 3. The number of methoxy groups -OCH3 is 1. The van der Waals surface area contributed by atoms with Gasteiger partial charge < -0.3 is 14.3 Å². The van der Waals surface area contributed by atoms with Crippen LogP contribution in [0.3, 0.4) is 0 Å². The topological polar surface area (TPSA) is 111 Å². The molecule has 0 aliphatic carbocycles. The summed E-state index contributed by atoms with van der Waals surface area (Å²) >= 11 is 12.8. The molecule has 13 heteroatoms. The molecule has 0 aliphatic heterocycles. The number of carboxylic acids is 1. The van der Waals surface area contributed by atoms with Crippen molar-refractivity contribution in [3.8, 4) is 11.4 Å². The monoisotopic (exact) mass is 747 g/mol. The molecule has 0 aliphatic rings. The van der Waals surface area contributed by atoms with E-state index in [2.05, 4.69) is 18.6 Å². The highest BCUT2D eigenvalue weighted by Gasteiger charge is 2.31. The van der Waals surface area contributed by atoms with Gasteiger partial charge in [-0.1, -0.05) is 60.8 Å². The number of carbonyl (C=O) groups is 1. The van der Waals surface area contributed by atoms with Gasteiger partial charge in [-0.2, -0.15) is 4.72 Å². The lowest BCUT2D eigenvalue weighted by Gasteiger charge is -2.28. The molecule has 0 fully saturated rings. The van der Waals surface area contributed by atoms with Crippen molar-refractivity contribution in [2.45, 2.75) is 69.2 Å². The lowest BCUT2D eigenvalue weighted by Crippen LogP contribution is -2.41. The Bertz CT molecular complexity index is 1920. The molecule has 1 aromatic heterocycles. The van der Waals surface area contributed by atoms with Crippen molar-refractivity contribution >= 4 is 39.2 Å². The molecule has 0 saturated carbocycles. The summed E-state index contributed by atoms with van der Waals surface area (Å²) in [6, 6.07) is 14.3. The number of nitrogens with zero attached hydrogens (tertiary/aromatic N) is 3. The molecule has 270 valence electrons. The second-order valence-electron chi connectivity index (χ2n) is 14.1. The summed E-state index contributed by atoms with van der Waals surface area (Å²) in [6.07, 6.45) is 3.54. The number of nitrogens with one attached hydrogen (secondary N) is 1. The van der Waals surface area contributed by atoms with Crippen LogP contribution in [0, 0.1) is 12.7 Å². The summed E-state index contributed by atoms with van der Waals surface area (Å²) in [6.45, 7) is 6.96. The van der Waals surface area contributed by atoms with E-state index in [9.17, 15) is 18.3 Å². The molecule has 0 spiro atoms. The molecule has 3 aromatic carbocycles. The first kappa shape index (κ1) is 39.3. The third-order valence-electron chi connectivity index (χ3n) is 8.83. The van der Waals surface area contributed by atoms with Crippen LogP contribution in [-0.2, 0) is 33.1 Å². The quantitative estimate of drug-likeness (QED) is 0.0917. The third-order valence-corrected chi connectivity index (χ3v) is 10.9. The summed E-state index contributed by atoms with van der Waals surface area (Å²) in [5.74, 6) is -0.904. The van der Waals surface area contributed by atoms with E-state index >= 15 is 4.39 Å². The number of aryl methyl sites for hydroxylation is 2. The largest absolute Gasteiger partial charge is 0.495 e. The van der Waals surface area contributed by atoms with E-state index in [1.54, 1.807) is 19.4 Å². The zero-order valence-corrected chi connectivity index (χ0v) is 31.9. The number of rotatable bonds is 16. The molecular formula is C37H46Cl2FN4O5S+. The van der Waals surface area contributed by atoms with Gasteiger partial charge in [0.05, 0.1) is 50.4 Å². The van der Waals surface area contributed by atoms with Gasteiger partial charge in [-0.15, -0.1) is 0 Å². The van der Waals surface area contributed by atoms with Crippen molar-refractivity contribution in [2.75, 3.05) is 34.8 Å². The number of imidazole rings is 1. The van der Waals surface area contributed by atoms with Crippen LogP contribution < -0.4 is 9.46 Å². The highest BCUT2D eigenvalue weighted by Crippen LogP contribution is 2.38. The van der Waals surface area contributed by atoms with E-state index in [1.807, 2.05) is 69.0 Å². The van der Waals surface area contributed by atoms with Crippen LogP contribution in [0.5, 0.6) is 5.75 Å².